The summed E-state index contributed by atoms with van der Waals surface area (Å²) in [6, 6.07) is 14.6. The Bertz CT molecular complexity index is 612. The van der Waals surface area contributed by atoms with Crippen molar-refractivity contribution in [3.8, 4) is 5.75 Å². The monoisotopic (exact) mass is 287 g/mol. The van der Waals surface area contributed by atoms with Gasteiger partial charge in [0.25, 0.3) is 0 Å². The van der Waals surface area contributed by atoms with Gasteiger partial charge in [-0.25, -0.2) is 0 Å². The fourth-order valence-electron chi connectivity index (χ4n) is 2.61. The summed E-state index contributed by atoms with van der Waals surface area (Å²) in [6.45, 7) is 2.98. The van der Waals surface area contributed by atoms with E-state index in [0.29, 0.717) is 0 Å². The van der Waals surface area contributed by atoms with Crippen LogP contribution in [0.1, 0.15) is 30.5 Å². The van der Waals surface area contributed by atoms with Crippen molar-refractivity contribution in [2.45, 2.75) is 25.8 Å². The quantitative estimate of drug-likeness (QED) is 0.869. The van der Waals surface area contributed by atoms with Crippen LogP contribution in [0.4, 0.5) is 5.69 Å². The molecule has 20 heavy (non-hydrogen) atoms. The molecule has 0 radical (unpaired) electrons. The summed E-state index contributed by atoms with van der Waals surface area (Å²) in [7, 11) is 0. The van der Waals surface area contributed by atoms with Gasteiger partial charge in [0.1, 0.15) is 5.75 Å². The van der Waals surface area contributed by atoms with E-state index in [2.05, 4.69) is 30.4 Å². The van der Waals surface area contributed by atoms with Crippen LogP contribution in [0.25, 0.3) is 0 Å². The molecule has 3 heteroatoms. The molecule has 0 aliphatic carbocycles. The molecule has 0 amide bonds. The van der Waals surface area contributed by atoms with E-state index in [1.807, 2.05) is 24.3 Å². The highest BCUT2D eigenvalue weighted by molar-refractivity contribution is 6.33. The molecule has 2 aromatic rings. The minimum absolute atomic E-state index is 0.265. The first-order valence-electron chi connectivity index (χ1n) is 7.04. The van der Waals surface area contributed by atoms with Gasteiger partial charge in [0.15, 0.2) is 0 Å². The first-order chi connectivity index (χ1) is 9.78. The Hall–Kier alpha value is -1.67. The maximum Gasteiger partial charge on any atom is 0.122 e. The van der Waals surface area contributed by atoms with Gasteiger partial charge in [-0.3, -0.25) is 0 Å². The van der Waals surface area contributed by atoms with Crippen molar-refractivity contribution < 1.29 is 4.74 Å². The molecule has 0 aromatic heterocycles. The molecule has 1 aliphatic rings. The Labute approximate surface area is 124 Å². The van der Waals surface area contributed by atoms with Crippen molar-refractivity contribution in [2.75, 3.05) is 11.9 Å². The number of benzene rings is 2. The number of para-hydroxylation sites is 1. The van der Waals surface area contributed by atoms with Gasteiger partial charge in [-0.1, -0.05) is 36.7 Å². The van der Waals surface area contributed by atoms with Crippen LogP contribution in [0, 0.1) is 0 Å². The van der Waals surface area contributed by atoms with Gasteiger partial charge in [0.05, 0.1) is 23.4 Å². The lowest BCUT2D eigenvalue weighted by atomic mass is 10.0. The van der Waals surface area contributed by atoms with E-state index in [1.54, 1.807) is 0 Å². The Morgan fingerprint density at radius 3 is 2.90 bits per heavy atom. The molecule has 1 unspecified atom stereocenters. The molecule has 2 aromatic carbocycles. The number of fused-ring (bicyclic) bond motifs is 1. The van der Waals surface area contributed by atoms with Crippen molar-refractivity contribution in [2.24, 2.45) is 0 Å². The van der Waals surface area contributed by atoms with Crippen molar-refractivity contribution in [3.63, 3.8) is 0 Å². The maximum absolute atomic E-state index is 6.22. The molecule has 0 saturated heterocycles. The number of rotatable bonds is 4. The van der Waals surface area contributed by atoms with Crippen molar-refractivity contribution in [3.05, 3.63) is 58.6 Å². The van der Waals surface area contributed by atoms with Crippen molar-refractivity contribution in [1.82, 2.24) is 0 Å². The van der Waals surface area contributed by atoms with Gasteiger partial charge in [0, 0.05) is 6.42 Å². The van der Waals surface area contributed by atoms with Crippen molar-refractivity contribution in [1.29, 1.82) is 0 Å². The molecule has 0 bridgehead atoms. The second-order valence-electron chi connectivity index (χ2n) is 5.05. The molecule has 0 spiro atoms. The van der Waals surface area contributed by atoms with Gasteiger partial charge in [-0.05, 0) is 41.8 Å². The summed E-state index contributed by atoms with van der Waals surface area (Å²) in [5, 5.41) is 4.29. The van der Waals surface area contributed by atoms with E-state index in [1.165, 1.54) is 11.1 Å². The highest BCUT2D eigenvalue weighted by Gasteiger charge is 2.16. The Morgan fingerprint density at radius 2 is 2.10 bits per heavy atom. The fraction of sp³-hybridized carbons (Fsp3) is 0.294. The zero-order chi connectivity index (χ0) is 13.9. The largest absolute Gasteiger partial charge is 0.493 e. The van der Waals surface area contributed by atoms with Crippen LogP contribution in [0.3, 0.4) is 0 Å². The fourth-order valence-corrected chi connectivity index (χ4v) is 2.80. The van der Waals surface area contributed by atoms with Crippen LogP contribution >= 0.6 is 11.6 Å². The smallest absolute Gasteiger partial charge is 0.122 e. The number of nitrogens with one attached hydrogen (secondary N) is 1. The first kappa shape index (κ1) is 13.3. The lowest BCUT2D eigenvalue weighted by Gasteiger charge is -2.20. The van der Waals surface area contributed by atoms with Crippen LogP contribution < -0.4 is 10.1 Å². The molecular weight excluding hydrogens is 270 g/mol. The summed E-state index contributed by atoms with van der Waals surface area (Å²) >= 11 is 6.22. The summed E-state index contributed by atoms with van der Waals surface area (Å²) in [5.74, 6) is 1.03. The maximum atomic E-state index is 6.22. The molecular formula is C17H18ClNO. The third-order valence-corrected chi connectivity index (χ3v) is 4.06. The predicted molar refractivity (Wildman–Crippen MR) is 83.7 cm³/mol. The number of anilines is 1. The molecule has 1 atom stereocenters. The topological polar surface area (TPSA) is 21.3 Å². The molecule has 1 N–H and O–H groups in total. The summed E-state index contributed by atoms with van der Waals surface area (Å²) in [4.78, 5) is 0. The number of hydrogen-bond acceptors (Lipinski definition) is 2. The van der Waals surface area contributed by atoms with Gasteiger partial charge in [-0.15, -0.1) is 0 Å². The normalized spacial score (nSPS) is 14.5. The zero-order valence-corrected chi connectivity index (χ0v) is 12.3. The minimum atomic E-state index is 0.265. The lowest BCUT2D eigenvalue weighted by molar-refractivity contribution is 0.357. The third-order valence-electron chi connectivity index (χ3n) is 3.73. The van der Waals surface area contributed by atoms with E-state index in [0.717, 1.165) is 35.9 Å². The van der Waals surface area contributed by atoms with Crippen molar-refractivity contribution >= 4 is 17.3 Å². The summed E-state index contributed by atoms with van der Waals surface area (Å²) < 4.78 is 5.56. The van der Waals surface area contributed by atoms with E-state index in [-0.39, 0.29) is 6.04 Å². The second kappa shape index (κ2) is 5.76. The Balaban J connectivity index is 1.85. The van der Waals surface area contributed by atoms with Crippen LogP contribution in [-0.2, 0) is 6.42 Å². The van der Waals surface area contributed by atoms with Gasteiger partial charge in [0.2, 0.25) is 0 Å². The Morgan fingerprint density at radius 1 is 1.25 bits per heavy atom. The van der Waals surface area contributed by atoms with Crippen LogP contribution in [-0.4, -0.2) is 6.61 Å². The molecule has 0 saturated carbocycles. The summed E-state index contributed by atoms with van der Waals surface area (Å²) in [5.41, 5.74) is 3.58. The second-order valence-corrected chi connectivity index (χ2v) is 5.46. The Kier molecular flexibility index (Phi) is 3.83. The average molecular weight is 288 g/mol. The molecule has 104 valence electrons. The molecule has 3 rings (SSSR count). The lowest BCUT2D eigenvalue weighted by Crippen LogP contribution is -2.10. The highest BCUT2D eigenvalue weighted by Crippen LogP contribution is 2.32. The average Bonchev–Trinajstić information content (AvgIpc) is 2.94. The van der Waals surface area contributed by atoms with Crippen LogP contribution in [0.5, 0.6) is 5.75 Å². The molecule has 2 nitrogen and oxygen atoms in total. The third kappa shape index (κ3) is 2.61. The number of halogens is 1. The summed E-state index contributed by atoms with van der Waals surface area (Å²) in [6.07, 6.45) is 2.01. The van der Waals surface area contributed by atoms with E-state index < -0.39 is 0 Å². The SMILES string of the molecule is CCC(Nc1ccccc1Cl)c1ccc2c(c1)CCO2. The van der Waals surface area contributed by atoms with Gasteiger partial charge < -0.3 is 10.1 Å². The highest BCUT2D eigenvalue weighted by atomic mass is 35.5. The van der Waals surface area contributed by atoms with E-state index in [9.17, 15) is 0 Å². The van der Waals surface area contributed by atoms with Crippen LogP contribution in [0.2, 0.25) is 5.02 Å². The molecule has 1 heterocycles. The minimum Gasteiger partial charge on any atom is -0.493 e. The van der Waals surface area contributed by atoms with Gasteiger partial charge >= 0.3 is 0 Å². The molecule has 0 fully saturated rings. The zero-order valence-electron chi connectivity index (χ0n) is 11.5. The number of ether oxygens (including phenoxy) is 1. The predicted octanol–water partition coefficient (Wildman–Crippen LogP) is 4.84. The number of hydrogen-bond donors (Lipinski definition) is 1. The van der Waals surface area contributed by atoms with E-state index in [4.69, 9.17) is 16.3 Å². The standard InChI is InChI=1S/C17H18ClNO/c1-2-15(19-16-6-4-3-5-14(16)18)12-7-8-17-13(11-12)9-10-20-17/h3-8,11,15,19H,2,9-10H2,1H3. The van der Waals surface area contributed by atoms with E-state index >= 15 is 0 Å². The van der Waals surface area contributed by atoms with Crippen LogP contribution in [0.15, 0.2) is 42.5 Å². The van der Waals surface area contributed by atoms with Gasteiger partial charge in [-0.2, -0.15) is 0 Å². The molecule has 1 aliphatic heterocycles. The first-order valence-corrected chi connectivity index (χ1v) is 7.42.